The van der Waals surface area contributed by atoms with Crippen molar-refractivity contribution in [3.8, 4) is 0 Å². The second kappa shape index (κ2) is 4.90. The molecule has 1 unspecified atom stereocenters. The number of benzene rings is 1. The fourth-order valence-corrected chi connectivity index (χ4v) is 4.52. The Morgan fingerprint density at radius 3 is 2.67 bits per heavy atom. The Labute approximate surface area is 108 Å². The van der Waals surface area contributed by atoms with Gasteiger partial charge in [0.25, 0.3) is 0 Å². The standard InChI is InChI=1S/C13H20N2O2S/c1-9-5-6-10(2)13-12(9)15-11(4-3-7-14)8-18(13,16)17/h5-6,11,15H,3-4,7-8,14H2,1-2H3. The molecule has 1 aromatic carbocycles. The molecule has 3 N–H and O–H groups in total. The molecule has 0 saturated heterocycles. The Balaban J connectivity index is 2.44. The molecule has 4 nitrogen and oxygen atoms in total. The molecule has 1 aliphatic heterocycles. The first kappa shape index (κ1) is 13.4. The van der Waals surface area contributed by atoms with E-state index < -0.39 is 9.84 Å². The third-order valence-electron chi connectivity index (χ3n) is 3.40. The van der Waals surface area contributed by atoms with E-state index >= 15 is 0 Å². The molecular weight excluding hydrogens is 248 g/mol. The van der Waals surface area contributed by atoms with Crippen molar-refractivity contribution in [2.24, 2.45) is 5.73 Å². The van der Waals surface area contributed by atoms with Crippen LogP contribution >= 0.6 is 0 Å². The summed E-state index contributed by atoms with van der Waals surface area (Å²) in [4.78, 5) is 0.478. The first-order valence-electron chi connectivity index (χ1n) is 6.25. The molecule has 5 heteroatoms. The highest BCUT2D eigenvalue weighted by Crippen LogP contribution is 2.34. The van der Waals surface area contributed by atoms with Gasteiger partial charge in [0.15, 0.2) is 9.84 Å². The van der Waals surface area contributed by atoms with E-state index in [0.29, 0.717) is 11.4 Å². The lowest BCUT2D eigenvalue weighted by atomic mass is 10.1. The van der Waals surface area contributed by atoms with Gasteiger partial charge >= 0.3 is 0 Å². The summed E-state index contributed by atoms with van der Waals surface area (Å²) in [6.45, 7) is 4.38. The quantitative estimate of drug-likeness (QED) is 0.873. The molecule has 1 aliphatic rings. The summed E-state index contributed by atoms with van der Waals surface area (Å²) in [5, 5.41) is 3.36. The third-order valence-corrected chi connectivity index (χ3v) is 5.39. The number of nitrogens with two attached hydrogens (primary N) is 1. The Hall–Kier alpha value is -1.07. The van der Waals surface area contributed by atoms with Gasteiger partial charge < -0.3 is 11.1 Å². The van der Waals surface area contributed by atoms with Crippen LogP contribution in [0.2, 0.25) is 0 Å². The maximum Gasteiger partial charge on any atom is 0.182 e. The van der Waals surface area contributed by atoms with Gasteiger partial charge in [-0.05, 0) is 44.4 Å². The van der Waals surface area contributed by atoms with Gasteiger partial charge in [0.05, 0.1) is 16.3 Å². The topological polar surface area (TPSA) is 72.2 Å². The van der Waals surface area contributed by atoms with Crippen molar-refractivity contribution in [2.45, 2.75) is 37.6 Å². The van der Waals surface area contributed by atoms with Crippen LogP contribution in [0.15, 0.2) is 17.0 Å². The molecule has 0 fully saturated rings. The van der Waals surface area contributed by atoms with Gasteiger partial charge in [-0.25, -0.2) is 8.42 Å². The summed E-state index contributed by atoms with van der Waals surface area (Å²) in [6, 6.07) is 3.81. The zero-order valence-electron chi connectivity index (χ0n) is 10.9. The second-order valence-corrected chi connectivity index (χ2v) is 6.93. The van der Waals surface area contributed by atoms with Crippen molar-refractivity contribution in [2.75, 3.05) is 17.6 Å². The number of sulfone groups is 1. The lowest BCUT2D eigenvalue weighted by molar-refractivity contribution is 0.574. The fourth-order valence-electron chi connectivity index (χ4n) is 2.48. The average molecular weight is 268 g/mol. The zero-order valence-corrected chi connectivity index (χ0v) is 11.7. The summed E-state index contributed by atoms with van der Waals surface area (Å²) < 4.78 is 24.7. The van der Waals surface area contributed by atoms with E-state index in [1.807, 2.05) is 26.0 Å². The molecule has 100 valence electrons. The molecule has 1 atom stereocenters. The second-order valence-electron chi connectivity index (χ2n) is 4.96. The summed E-state index contributed by atoms with van der Waals surface area (Å²) in [5.74, 6) is 0.171. The minimum absolute atomic E-state index is 0.0217. The van der Waals surface area contributed by atoms with E-state index in [1.54, 1.807) is 0 Å². The van der Waals surface area contributed by atoms with E-state index in [0.717, 1.165) is 29.7 Å². The highest BCUT2D eigenvalue weighted by Gasteiger charge is 2.31. The van der Waals surface area contributed by atoms with Crippen molar-refractivity contribution < 1.29 is 8.42 Å². The van der Waals surface area contributed by atoms with Gasteiger partial charge in [-0.15, -0.1) is 0 Å². The van der Waals surface area contributed by atoms with Gasteiger partial charge in [0.1, 0.15) is 0 Å². The van der Waals surface area contributed by atoms with Crippen LogP contribution in [-0.4, -0.2) is 26.8 Å². The lowest BCUT2D eigenvalue weighted by Crippen LogP contribution is -2.35. The van der Waals surface area contributed by atoms with E-state index in [4.69, 9.17) is 5.73 Å². The minimum Gasteiger partial charge on any atom is -0.380 e. The van der Waals surface area contributed by atoms with Crippen LogP contribution in [0.4, 0.5) is 5.69 Å². The third kappa shape index (κ3) is 2.37. The Morgan fingerprint density at radius 2 is 2.00 bits per heavy atom. The molecule has 0 aliphatic carbocycles. The molecule has 1 aromatic rings. The Bertz CT molecular complexity index is 552. The summed E-state index contributed by atoms with van der Waals surface area (Å²) >= 11 is 0. The molecule has 0 saturated carbocycles. The van der Waals surface area contributed by atoms with Gasteiger partial charge in [0.2, 0.25) is 0 Å². The number of hydrogen-bond donors (Lipinski definition) is 2. The van der Waals surface area contributed by atoms with E-state index in [1.165, 1.54) is 0 Å². The van der Waals surface area contributed by atoms with Crippen LogP contribution in [0.5, 0.6) is 0 Å². The van der Waals surface area contributed by atoms with E-state index in [-0.39, 0.29) is 11.8 Å². The SMILES string of the molecule is Cc1ccc(C)c2c1NC(CCCN)CS2(=O)=O. The first-order valence-corrected chi connectivity index (χ1v) is 7.90. The highest BCUT2D eigenvalue weighted by atomic mass is 32.2. The number of nitrogens with one attached hydrogen (secondary N) is 1. The van der Waals surface area contributed by atoms with Crippen LogP contribution in [0.25, 0.3) is 0 Å². The smallest absolute Gasteiger partial charge is 0.182 e. The Kier molecular flexibility index (Phi) is 3.64. The first-order chi connectivity index (χ1) is 8.45. The maximum absolute atomic E-state index is 12.3. The predicted molar refractivity (Wildman–Crippen MR) is 73.7 cm³/mol. The normalized spacial score (nSPS) is 21.2. The van der Waals surface area contributed by atoms with Crippen LogP contribution in [-0.2, 0) is 9.84 Å². The molecule has 1 heterocycles. The van der Waals surface area contributed by atoms with Crippen molar-refractivity contribution >= 4 is 15.5 Å². The van der Waals surface area contributed by atoms with E-state index in [9.17, 15) is 8.42 Å². The monoisotopic (exact) mass is 268 g/mol. The number of anilines is 1. The van der Waals surface area contributed by atoms with E-state index in [2.05, 4.69) is 5.32 Å². The molecule has 0 aromatic heterocycles. The van der Waals surface area contributed by atoms with Crippen molar-refractivity contribution in [1.82, 2.24) is 0 Å². The fraction of sp³-hybridized carbons (Fsp3) is 0.538. The summed E-state index contributed by atoms with van der Waals surface area (Å²) in [7, 11) is -3.18. The average Bonchev–Trinajstić information content (AvgIpc) is 2.29. The molecular formula is C13H20N2O2S. The largest absolute Gasteiger partial charge is 0.380 e. The highest BCUT2D eigenvalue weighted by molar-refractivity contribution is 7.91. The number of rotatable bonds is 3. The Morgan fingerprint density at radius 1 is 1.33 bits per heavy atom. The van der Waals surface area contributed by atoms with Crippen LogP contribution in [0.3, 0.4) is 0 Å². The van der Waals surface area contributed by atoms with Crippen molar-refractivity contribution in [3.63, 3.8) is 0 Å². The van der Waals surface area contributed by atoms with Crippen LogP contribution < -0.4 is 11.1 Å². The zero-order chi connectivity index (χ0) is 13.3. The number of fused-ring (bicyclic) bond motifs is 1. The van der Waals surface area contributed by atoms with Gasteiger partial charge in [-0.2, -0.15) is 0 Å². The lowest BCUT2D eigenvalue weighted by Gasteiger charge is -2.29. The van der Waals surface area contributed by atoms with Gasteiger partial charge in [0, 0.05) is 6.04 Å². The number of aryl methyl sites for hydroxylation is 2. The van der Waals surface area contributed by atoms with Crippen LogP contribution in [0, 0.1) is 13.8 Å². The molecule has 0 spiro atoms. The number of hydrogen-bond acceptors (Lipinski definition) is 4. The minimum atomic E-state index is -3.18. The van der Waals surface area contributed by atoms with Crippen molar-refractivity contribution in [3.05, 3.63) is 23.3 Å². The molecule has 18 heavy (non-hydrogen) atoms. The maximum atomic E-state index is 12.3. The summed E-state index contributed by atoms with van der Waals surface area (Å²) in [6.07, 6.45) is 1.63. The molecule has 0 bridgehead atoms. The molecule has 2 rings (SSSR count). The molecule has 0 radical (unpaired) electrons. The summed E-state index contributed by atoms with van der Waals surface area (Å²) in [5.41, 5.74) is 8.07. The molecule has 0 amide bonds. The van der Waals surface area contributed by atoms with Crippen molar-refractivity contribution in [1.29, 1.82) is 0 Å². The van der Waals surface area contributed by atoms with Crippen LogP contribution in [0.1, 0.15) is 24.0 Å². The predicted octanol–water partition coefficient (Wildman–Crippen LogP) is 1.61. The van der Waals surface area contributed by atoms with Gasteiger partial charge in [-0.3, -0.25) is 0 Å². The van der Waals surface area contributed by atoms with Gasteiger partial charge in [-0.1, -0.05) is 12.1 Å².